The number of thioether (sulfide) groups is 1. The molecule has 3 nitrogen and oxygen atoms in total. The van der Waals surface area contributed by atoms with E-state index >= 15 is 0 Å². The molecule has 76 valence electrons. The van der Waals surface area contributed by atoms with Crippen molar-refractivity contribution in [3.8, 4) is 0 Å². The van der Waals surface area contributed by atoms with Gasteiger partial charge in [-0.05, 0) is 12.3 Å². The van der Waals surface area contributed by atoms with Crippen LogP contribution >= 0.6 is 11.8 Å². The van der Waals surface area contributed by atoms with Gasteiger partial charge in [0.15, 0.2) is 0 Å². The summed E-state index contributed by atoms with van der Waals surface area (Å²) in [5, 5.41) is 12.1. The van der Waals surface area contributed by atoms with Crippen LogP contribution in [0.2, 0.25) is 0 Å². The molecule has 1 heterocycles. The van der Waals surface area contributed by atoms with Crippen molar-refractivity contribution in [1.29, 1.82) is 0 Å². The second kappa shape index (κ2) is 3.88. The standard InChI is InChI=1S/C9H17NO2S/c1-4-9(6(2)3)10-7(5-13-9)8(11)12/h6-7,10H,4-5H2,1-3H3,(H,11,12). The van der Waals surface area contributed by atoms with Crippen LogP contribution in [-0.4, -0.2) is 27.7 Å². The summed E-state index contributed by atoms with van der Waals surface area (Å²) < 4.78 is 0. The number of rotatable bonds is 3. The lowest BCUT2D eigenvalue weighted by Gasteiger charge is -2.32. The second-order valence-corrected chi connectivity index (χ2v) is 5.09. The van der Waals surface area contributed by atoms with Crippen molar-refractivity contribution in [3.63, 3.8) is 0 Å². The summed E-state index contributed by atoms with van der Waals surface area (Å²) in [6.45, 7) is 6.37. The number of carboxylic acid groups (broad SMARTS) is 1. The van der Waals surface area contributed by atoms with Crippen molar-refractivity contribution in [2.45, 2.75) is 38.1 Å². The van der Waals surface area contributed by atoms with E-state index in [1.165, 1.54) is 0 Å². The third-order valence-corrected chi connectivity index (χ3v) is 4.58. The topological polar surface area (TPSA) is 49.3 Å². The van der Waals surface area contributed by atoms with Crippen LogP contribution in [0.1, 0.15) is 27.2 Å². The first kappa shape index (κ1) is 10.9. The van der Waals surface area contributed by atoms with Crippen LogP contribution in [0.5, 0.6) is 0 Å². The molecule has 0 aromatic heterocycles. The van der Waals surface area contributed by atoms with Gasteiger partial charge < -0.3 is 5.11 Å². The number of hydrogen-bond acceptors (Lipinski definition) is 3. The molecule has 0 aliphatic carbocycles. The maximum atomic E-state index is 10.8. The van der Waals surface area contributed by atoms with E-state index in [4.69, 9.17) is 5.11 Å². The predicted molar refractivity (Wildman–Crippen MR) is 54.9 cm³/mol. The van der Waals surface area contributed by atoms with Gasteiger partial charge in [0.1, 0.15) is 6.04 Å². The monoisotopic (exact) mass is 203 g/mol. The first-order valence-electron chi connectivity index (χ1n) is 4.66. The van der Waals surface area contributed by atoms with Crippen LogP contribution in [0.25, 0.3) is 0 Å². The van der Waals surface area contributed by atoms with Crippen LogP contribution in [0, 0.1) is 5.92 Å². The van der Waals surface area contributed by atoms with Gasteiger partial charge in [-0.25, -0.2) is 0 Å². The second-order valence-electron chi connectivity index (χ2n) is 3.74. The van der Waals surface area contributed by atoms with E-state index in [-0.39, 0.29) is 10.9 Å². The Kier molecular flexibility index (Phi) is 3.24. The molecule has 2 N–H and O–H groups in total. The van der Waals surface area contributed by atoms with Gasteiger partial charge in [-0.3, -0.25) is 10.1 Å². The van der Waals surface area contributed by atoms with Crippen molar-refractivity contribution in [2.75, 3.05) is 5.75 Å². The first-order chi connectivity index (χ1) is 6.02. The highest BCUT2D eigenvalue weighted by atomic mass is 32.2. The number of carboxylic acids is 1. The maximum Gasteiger partial charge on any atom is 0.321 e. The highest BCUT2D eigenvalue weighted by Crippen LogP contribution is 2.39. The zero-order valence-corrected chi connectivity index (χ0v) is 9.15. The van der Waals surface area contributed by atoms with E-state index in [1.54, 1.807) is 11.8 Å². The zero-order chi connectivity index (χ0) is 10.1. The Hall–Kier alpha value is -0.220. The predicted octanol–water partition coefficient (Wildman–Crippen LogP) is 1.54. The molecule has 0 spiro atoms. The molecule has 0 radical (unpaired) electrons. The highest BCUT2D eigenvalue weighted by Gasteiger charge is 2.42. The third-order valence-electron chi connectivity index (χ3n) is 2.68. The molecule has 1 aliphatic heterocycles. The summed E-state index contributed by atoms with van der Waals surface area (Å²) in [7, 11) is 0. The van der Waals surface area contributed by atoms with Gasteiger partial charge in [0, 0.05) is 5.75 Å². The number of nitrogens with one attached hydrogen (secondary N) is 1. The molecule has 13 heavy (non-hydrogen) atoms. The van der Waals surface area contributed by atoms with Gasteiger partial charge in [-0.2, -0.15) is 0 Å². The molecular formula is C9H17NO2S. The van der Waals surface area contributed by atoms with Crippen LogP contribution in [0.15, 0.2) is 0 Å². The van der Waals surface area contributed by atoms with Crippen molar-refractivity contribution in [3.05, 3.63) is 0 Å². The summed E-state index contributed by atoms with van der Waals surface area (Å²) in [5.74, 6) is 0.414. The number of carbonyl (C=O) groups is 1. The van der Waals surface area contributed by atoms with Gasteiger partial charge in [0.25, 0.3) is 0 Å². The molecule has 0 saturated carbocycles. The Morgan fingerprint density at radius 1 is 1.77 bits per heavy atom. The SMILES string of the molecule is CCC1(C(C)C)NC(C(=O)O)CS1. The molecule has 0 amide bonds. The molecule has 1 saturated heterocycles. The molecule has 2 unspecified atom stereocenters. The normalized spacial score (nSPS) is 34.0. The van der Waals surface area contributed by atoms with Gasteiger partial charge >= 0.3 is 5.97 Å². The fourth-order valence-corrected chi connectivity index (χ4v) is 3.14. The zero-order valence-electron chi connectivity index (χ0n) is 8.33. The maximum absolute atomic E-state index is 10.8. The Bertz CT molecular complexity index is 208. The van der Waals surface area contributed by atoms with Gasteiger partial charge in [0.05, 0.1) is 4.87 Å². The van der Waals surface area contributed by atoms with Gasteiger partial charge in [-0.1, -0.05) is 20.8 Å². The summed E-state index contributed by atoms with van der Waals surface area (Å²) >= 11 is 1.74. The molecule has 1 aliphatic rings. The molecule has 1 rings (SSSR count). The van der Waals surface area contributed by atoms with E-state index in [0.717, 1.165) is 6.42 Å². The van der Waals surface area contributed by atoms with E-state index < -0.39 is 5.97 Å². The van der Waals surface area contributed by atoms with Crippen molar-refractivity contribution >= 4 is 17.7 Å². The van der Waals surface area contributed by atoms with E-state index in [2.05, 4.69) is 26.1 Å². The molecule has 2 atom stereocenters. The Morgan fingerprint density at radius 3 is 2.62 bits per heavy atom. The number of hydrogen-bond donors (Lipinski definition) is 2. The van der Waals surface area contributed by atoms with Crippen molar-refractivity contribution < 1.29 is 9.90 Å². The molecule has 1 fully saturated rings. The van der Waals surface area contributed by atoms with Crippen LogP contribution in [0.4, 0.5) is 0 Å². The molecule has 4 heteroatoms. The minimum absolute atomic E-state index is 0.0247. The Labute approximate surface area is 83.3 Å². The van der Waals surface area contributed by atoms with E-state index in [9.17, 15) is 4.79 Å². The Morgan fingerprint density at radius 2 is 2.38 bits per heavy atom. The third kappa shape index (κ3) is 1.99. The summed E-state index contributed by atoms with van der Waals surface area (Å²) in [6.07, 6.45) is 0.971. The van der Waals surface area contributed by atoms with Gasteiger partial charge in [0.2, 0.25) is 0 Å². The lowest BCUT2D eigenvalue weighted by Crippen LogP contribution is -2.47. The minimum Gasteiger partial charge on any atom is -0.480 e. The van der Waals surface area contributed by atoms with Crippen molar-refractivity contribution in [1.82, 2.24) is 5.32 Å². The van der Waals surface area contributed by atoms with Gasteiger partial charge in [-0.15, -0.1) is 11.8 Å². The summed E-state index contributed by atoms with van der Waals surface area (Å²) in [4.78, 5) is 10.7. The molecule has 0 aromatic rings. The lowest BCUT2D eigenvalue weighted by molar-refractivity contribution is -0.139. The van der Waals surface area contributed by atoms with Crippen LogP contribution in [-0.2, 0) is 4.79 Å². The van der Waals surface area contributed by atoms with E-state index in [0.29, 0.717) is 11.7 Å². The van der Waals surface area contributed by atoms with Crippen LogP contribution in [0.3, 0.4) is 0 Å². The lowest BCUT2D eigenvalue weighted by atomic mass is 10.00. The Balaban J connectivity index is 2.68. The minimum atomic E-state index is -0.733. The first-order valence-corrected chi connectivity index (χ1v) is 5.65. The molecule has 0 bridgehead atoms. The smallest absolute Gasteiger partial charge is 0.321 e. The summed E-state index contributed by atoms with van der Waals surface area (Å²) in [5.41, 5.74) is 0. The average Bonchev–Trinajstić information content (AvgIpc) is 2.49. The molecule has 0 aromatic carbocycles. The highest BCUT2D eigenvalue weighted by molar-refractivity contribution is 8.01. The van der Waals surface area contributed by atoms with Crippen molar-refractivity contribution in [2.24, 2.45) is 5.92 Å². The quantitative estimate of drug-likeness (QED) is 0.730. The molecular weight excluding hydrogens is 186 g/mol. The number of aliphatic carboxylic acids is 1. The van der Waals surface area contributed by atoms with E-state index in [1.807, 2.05) is 0 Å². The largest absolute Gasteiger partial charge is 0.480 e. The fraction of sp³-hybridized carbons (Fsp3) is 0.889. The van der Waals surface area contributed by atoms with Crippen LogP contribution < -0.4 is 5.32 Å². The summed E-state index contributed by atoms with van der Waals surface area (Å²) in [6, 6.07) is -0.368. The average molecular weight is 203 g/mol. The fourth-order valence-electron chi connectivity index (χ4n) is 1.69.